The van der Waals surface area contributed by atoms with Crippen LogP contribution in [0.4, 0.5) is 17.6 Å². The molecule has 176 valence electrons. The van der Waals surface area contributed by atoms with Crippen molar-refractivity contribution in [3.63, 3.8) is 0 Å². The number of carbonyl (C=O) groups excluding carboxylic acids is 1. The van der Waals surface area contributed by atoms with E-state index in [-0.39, 0.29) is 28.7 Å². The summed E-state index contributed by atoms with van der Waals surface area (Å²) in [4.78, 5) is 12.9. The minimum absolute atomic E-state index is 0.0661. The number of aldehydes is 1. The van der Waals surface area contributed by atoms with Crippen LogP contribution in [0.15, 0.2) is 48.7 Å². The van der Waals surface area contributed by atoms with Crippen molar-refractivity contribution in [1.29, 1.82) is 0 Å². The number of hydrogen-bond donors (Lipinski definition) is 0. The topological polar surface area (TPSA) is 29.5 Å². The molecule has 3 nitrogen and oxygen atoms in total. The SMILES string of the molecule is CC(C)(C=O)N1CC(F)(c2ccc(C3=COC(c4cc(Cl)cc(Cl)c4)(C(F)(F)F)C3)cc2)C1. The molecule has 0 bridgehead atoms. The minimum Gasteiger partial charge on any atom is -0.480 e. The highest BCUT2D eigenvalue weighted by Gasteiger charge is 2.60. The van der Waals surface area contributed by atoms with Gasteiger partial charge in [-0.05, 0) is 48.7 Å². The van der Waals surface area contributed by atoms with E-state index in [1.54, 1.807) is 43.0 Å². The number of halogens is 6. The van der Waals surface area contributed by atoms with Crippen molar-refractivity contribution in [2.45, 2.75) is 43.3 Å². The summed E-state index contributed by atoms with van der Waals surface area (Å²) in [7, 11) is 0. The van der Waals surface area contributed by atoms with Crippen molar-refractivity contribution in [1.82, 2.24) is 4.90 Å². The lowest BCUT2D eigenvalue weighted by Crippen LogP contribution is -2.64. The predicted octanol–water partition coefficient (Wildman–Crippen LogP) is 6.67. The number of benzene rings is 2. The van der Waals surface area contributed by atoms with Crippen molar-refractivity contribution in [2.24, 2.45) is 0 Å². The first-order valence-corrected chi connectivity index (χ1v) is 11.0. The number of carbonyl (C=O) groups is 1. The molecule has 0 spiro atoms. The van der Waals surface area contributed by atoms with Gasteiger partial charge in [0, 0.05) is 35.1 Å². The lowest BCUT2D eigenvalue weighted by Gasteiger charge is -2.50. The zero-order valence-corrected chi connectivity index (χ0v) is 19.4. The summed E-state index contributed by atoms with van der Waals surface area (Å²) in [6.07, 6.45) is -3.35. The Kier molecular flexibility index (Phi) is 5.83. The highest BCUT2D eigenvalue weighted by atomic mass is 35.5. The van der Waals surface area contributed by atoms with Crippen LogP contribution in [0.5, 0.6) is 0 Å². The molecule has 0 N–H and O–H groups in total. The molecule has 0 radical (unpaired) electrons. The fourth-order valence-electron chi connectivity index (χ4n) is 4.19. The molecule has 1 fully saturated rings. The molecule has 0 amide bonds. The Bertz CT molecular complexity index is 1090. The van der Waals surface area contributed by atoms with E-state index in [1.165, 1.54) is 18.2 Å². The number of ether oxygens (including phenoxy) is 1. The number of alkyl halides is 4. The lowest BCUT2D eigenvalue weighted by molar-refractivity contribution is -0.260. The maximum Gasteiger partial charge on any atom is 0.432 e. The van der Waals surface area contributed by atoms with Crippen LogP contribution < -0.4 is 0 Å². The smallest absolute Gasteiger partial charge is 0.432 e. The fourth-order valence-corrected chi connectivity index (χ4v) is 4.71. The van der Waals surface area contributed by atoms with Gasteiger partial charge in [0.25, 0.3) is 0 Å². The first-order chi connectivity index (χ1) is 15.3. The van der Waals surface area contributed by atoms with Gasteiger partial charge in [-0.2, -0.15) is 13.2 Å². The Hall–Kier alpha value is -2.09. The zero-order valence-electron chi connectivity index (χ0n) is 17.8. The Morgan fingerprint density at radius 1 is 1.00 bits per heavy atom. The van der Waals surface area contributed by atoms with E-state index in [0.29, 0.717) is 16.7 Å². The van der Waals surface area contributed by atoms with E-state index in [4.69, 9.17) is 27.9 Å². The van der Waals surface area contributed by atoms with Gasteiger partial charge in [-0.1, -0.05) is 47.5 Å². The molecule has 0 aliphatic carbocycles. The van der Waals surface area contributed by atoms with E-state index in [2.05, 4.69) is 0 Å². The molecule has 4 rings (SSSR count). The number of rotatable bonds is 5. The Morgan fingerprint density at radius 3 is 2.09 bits per heavy atom. The van der Waals surface area contributed by atoms with Gasteiger partial charge in [-0.25, -0.2) is 4.39 Å². The summed E-state index contributed by atoms with van der Waals surface area (Å²) in [5.41, 5.74) is -3.96. The average Bonchev–Trinajstić information content (AvgIpc) is 3.18. The van der Waals surface area contributed by atoms with Crippen LogP contribution in [0, 0.1) is 0 Å². The standard InChI is InChI=1S/C24H21Cl2F4NO2/c1-21(2,14-32)31-12-22(27,13-31)17-5-3-15(4-6-17)16-10-23(33-11-16,24(28,29)30)18-7-19(25)9-20(26)8-18/h3-9,11,14H,10,12-13H2,1-2H3. The van der Waals surface area contributed by atoms with Crippen LogP contribution in [0.3, 0.4) is 0 Å². The summed E-state index contributed by atoms with van der Waals surface area (Å²) in [5, 5.41) is 0.145. The summed E-state index contributed by atoms with van der Waals surface area (Å²) in [6.45, 7) is 3.57. The summed E-state index contributed by atoms with van der Waals surface area (Å²) in [5.74, 6) is 0. The quantitative estimate of drug-likeness (QED) is 0.338. The van der Waals surface area contributed by atoms with Crippen molar-refractivity contribution in [3.05, 3.63) is 75.5 Å². The monoisotopic (exact) mass is 501 g/mol. The molecular weight excluding hydrogens is 481 g/mol. The summed E-state index contributed by atoms with van der Waals surface area (Å²) in [6, 6.07) is 10.0. The van der Waals surface area contributed by atoms with Crippen molar-refractivity contribution >= 4 is 35.1 Å². The molecule has 2 aliphatic heterocycles. The molecule has 2 aromatic rings. The third-order valence-electron chi connectivity index (χ3n) is 6.39. The maximum atomic E-state index is 15.3. The van der Waals surface area contributed by atoms with Gasteiger partial charge in [0.2, 0.25) is 5.60 Å². The van der Waals surface area contributed by atoms with Crippen LogP contribution >= 0.6 is 23.2 Å². The van der Waals surface area contributed by atoms with Gasteiger partial charge in [0.1, 0.15) is 6.29 Å². The molecule has 1 saturated heterocycles. The largest absolute Gasteiger partial charge is 0.480 e. The number of hydrogen-bond acceptors (Lipinski definition) is 3. The van der Waals surface area contributed by atoms with Crippen molar-refractivity contribution < 1.29 is 27.1 Å². The maximum absolute atomic E-state index is 15.3. The van der Waals surface area contributed by atoms with E-state index >= 15 is 4.39 Å². The van der Waals surface area contributed by atoms with E-state index in [0.717, 1.165) is 12.5 Å². The molecule has 2 aliphatic rings. The van der Waals surface area contributed by atoms with Crippen molar-refractivity contribution in [2.75, 3.05) is 13.1 Å². The third kappa shape index (κ3) is 4.15. The van der Waals surface area contributed by atoms with Crippen LogP contribution in [-0.4, -0.2) is 36.0 Å². The Balaban J connectivity index is 1.56. The molecule has 2 heterocycles. The minimum atomic E-state index is -4.73. The van der Waals surface area contributed by atoms with Crippen LogP contribution in [-0.2, 0) is 20.8 Å². The summed E-state index contributed by atoms with van der Waals surface area (Å²) >= 11 is 11.9. The molecule has 0 aromatic heterocycles. The molecule has 33 heavy (non-hydrogen) atoms. The van der Waals surface area contributed by atoms with Crippen LogP contribution in [0.1, 0.15) is 37.0 Å². The van der Waals surface area contributed by atoms with E-state index in [9.17, 15) is 18.0 Å². The van der Waals surface area contributed by atoms with Gasteiger partial charge in [0.15, 0.2) is 5.67 Å². The first-order valence-electron chi connectivity index (χ1n) is 10.2. The average molecular weight is 502 g/mol. The highest BCUT2D eigenvalue weighted by molar-refractivity contribution is 6.34. The second-order valence-electron chi connectivity index (χ2n) is 9.09. The summed E-state index contributed by atoms with van der Waals surface area (Å²) < 4.78 is 63.0. The normalized spacial score (nSPS) is 23.0. The van der Waals surface area contributed by atoms with Gasteiger partial charge >= 0.3 is 6.18 Å². The van der Waals surface area contributed by atoms with Crippen molar-refractivity contribution in [3.8, 4) is 0 Å². The second kappa shape index (κ2) is 8.00. The highest BCUT2D eigenvalue weighted by Crippen LogP contribution is 2.53. The van der Waals surface area contributed by atoms with E-state index in [1.807, 2.05) is 0 Å². The lowest BCUT2D eigenvalue weighted by atomic mass is 9.82. The second-order valence-corrected chi connectivity index (χ2v) is 9.96. The van der Waals surface area contributed by atoms with Crippen LogP contribution in [0.2, 0.25) is 10.0 Å². The molecular formula is C24H21Cl2F4NO2. The van der Waals surface area contributed by atoms with Gasteiger partial charge in [0.05, 0.1) is 11.8 Å². The molecule has 1 unspecified atom stereocenters. The fraction of sp³-hybridized carbons (Fsp3) is 0.375. The van der Waals surface area contributed by atoms with Gasteiger partial charge < -0.3 is 9.53 Å². The van der Waals surface area contributed by atoms with Crippen LogP contribution in [0.25, 0.3) is 5.57 Å². The molecule has 1 atom stereocenters. The number of nitrogens with zero attached hydrogens (tertiary/aromatic N) is 1. The molecule has 2 aromatic carbocycles. The molecule has 9 heteroatoms. The predicted molar refractivity (Wildman–Crippen MR) is 119 cm³/mol. The Morgan fingerprint density at radius 2 is 1.58 bits per heavy atom. The van der Waals surface area contributed by atoms with Gasteiger partial charge in [-0.15, -0.1) is 0 Å². The number of likely N-dealkylation sites (tertiary alicyclic amines) is 1. The third-order valence-corrected chi connectivity index (χ3v) is 6.82. The van der Waals surface area contributed by atoms with Gasteiger partial charge in [-0.3, -0.25) is 4.90 Å². The zero-order chi connectivity index (χ0) is 24.2. The first kappa shape index (κ1) is 24.0. The molecule has 0 saturated carbocycles. The Labute approximate surface area is 198 Å². The van der Waals surface area contributed by atoms with E-state index < -0.39 is 29.4 Å².